The van der Waals surface area contributed by atoms with Gasteiger partial charge in [-0.25, -0.2) is 4.98 Å². The van der Waals surface area contributed by atoms with E-state index in [1.807, 2.05) is 0 Å². The van der Waals surface area contributed by atoms with E-state index >= 15 is 0 Å². The summed E-state index contributed by atoms with van der Waals surface area (Å²) in [7, 11) is 0. The number of nitrogens with one attached hydrogen (secondary N) is 1. The first-order valence-corrected chi connectivity index (χ1v) is 7.38. The molecule has 0 amide bonds. The lowest BCUT2D eigenvalue weighted by molar-refractivity contribution is 0.198. The fourth-order valence-corrected chi connectivity index (χ4v) is 2.86. The molecule has 1 aromatic rings. The molecule has 2 heterocycles. The highest BCUT2D eigenvalue weighted by Gasteiger charge is 2.18. The summed E-state index contributed by atoms with van der Waals surface area (Å²) in [5, 5.41) is 4.41. The molecule has 0 spiro atoms. The standard InChI is InChI=1S/C12H22N4S/c1-3-11-14-12(17-15-11)13-9-10-5-7-16(4-2)8-6-10/h10H,3-9H2,1-2H3,(H,13,14,15). The predicted octanol–water partition coefficient (Wildman–Crippen LogP) is 2.24. The van der Waals surface area contributed by atoms with Crippen LogP contribution in [0.1, 0.15) is 32.5 Å². The van der Waals surface area contributed by atoms with Gasteiger partial charge in [0.15, 0.2) is 0 Å². The first-order valence-electron chi connectivity index (χ1n) is 6.60. The molecule has 1 N–H and O–H groups in total. The molecule has 0 atom stereocenters. The zero-order valence-electron chi connectivity index (χ0n) is 10.8. The van der Waals surface area contributed by atoms with Crippen molar-refractivity contribution < 1.29 is 0 Å². The van der Waals surface area contributed by atoms with Crippen LogP contribution in [0.4, 0.5) is 5.13 Å². The van der Waals surface area contributed by atoms with E-state index < -0.39 is 0 Å². The number of likely N-dealkylation sites (tertiary alicyclic amines) is 1. The van der Waals surface area contributed by atoms with E-state index in [0.717, 1.165) is 29.8 Å². The van der Waals surface area contributed by atoms with Gasteiger partial charge in [-0.3, -0.25) is 0 Å². The Morgan fingerprint density at radius 3 is 2.71 bits per heavy atom. The van der Waals surface area contributed by atoms with Crippen molar-refractivity contribution in [3.63, 3.8) is 0 Å². The molecule has 1 saturated heterocycles. The number of rotatable bonds is 5. The maximum absolute atomic E-state index is 4.43. The minimum absolute atomic E-state index is 0.798. The lowest BCUT2D eigenvalue weighted by Gasteiger charge is -2.30. The van der Waals surface area contributed by atoms with Gasteiger partial charge in [-0.1, -0.05) is 13.8 Å². The Balaban J connectivity index is 1.72. The van der Waals surface area contributed by atoms with E-state index in [1.54, 1.807) is 0 Å². The molecule has 96 valence electrons. The van der Waals surface area contributed by atoms with Gasteiger partial charge < -0.3 is 10.2 Å². The van der Waals surface area contributed by atoms with Gasteiger partial charge in [0.2, 0.25) is 5.13 Å². The molecule has 0 saturated carbocycles. The van der Waals surface area contributed by atoms with Gasteiger partial charge >= 0.3 is 0 Å². The second kappa shape index (κ2) is 6.31. The van der Waals surface area contributed by atoms with Crippen LogP contribution in [0.15, 0.2) is 0 Å². The lowest BCUT2D eigenvalue weighted by Crippen LogP contribution is -2.35. The Kier molecular flexibility index (Phi) is 4.74. The molecule has 1 fully saturated rings. The van der Waals surface area contributed by atoms with E-state index in [9.17, 15) is 0 Å². The van der Waals surface area contributed by atoms with Crippen molar-refractivity contribution in [1.29, 1.82) is 0 Å². The largest absolute Gasteiger partial charge is 0.360 e. The summed E-state index contributed by atoms with van der Waals surface area (Å²) in [6, 6.07) is 0. The molecule has 0 radical (unpaired) electrons. The van der Waals surface area contributed by atoms with Crippen LogP contribution in [0, 0.1) is 5.92 Å². The van der Waals surface area contributed by atoms with Crippen LogP contribution in [-0.2, 0) is 6.42 Å². The van der Waals surface area contributed by atoms with E-state index in [4.69, 9.17) is 0 Å². The average Bonchev–Trinajstić information content (AvgIpc) is 2.85. The molecule has 17 heavy (non-hydrogen) atoms. The van der Waals surface area contributed by atoms with E-state index in [1.165, 1.54) is 44.0 Å². The summed E-state index contributed by atoms with van der Waals surface area (Å²) < 4.78 is 4.28. The van der Waals surface area contributed by atoms with E-state index in [2.05, 4.69) is 33.4 Å². The summed E-state index contributed by atoms with van der Waals surface area (Å²) in [5.41, 5.74) is 0. The summed E-state index contributed by atoms with van der Waals surface area (Å²) in [6.45, 7) is 9.07. The zero-order chi connectivity index (χ0) is 12.1. The number of piperidine rings is 1. The number of aryl methyl sites for hydroxylation is 1. The van der Waals surface area contributed by atoms with Crippen LogP contribution in [0.25, 0.3) is 0 Å². The van der Waals surface area contributed by atoms with Crippen LogP contribution in [0.3, 0.4) is 0 Å². The van der Waals surface area contributed by atoms with Gasteiger partial charge in [0.1, 0.15) is 5.82 Å². The van der Waals surface area contributed by atoms with Gasteiger partial charge in [0.25, 0.3) is 0 Å². The van der Waals surface area contributed by atoms with Crippen molar-refractivity contribution in [3.8, 4) is 0 Å². The van der Waals surface area contributed by atoms with Gasteiger partial charge in [-0.2, -0.15) is 4.37 Å². The van der Waals surface area contributed by atoms with Crippen molar-refractivity contribution in [2.75, 3.05) is 31.5 Å². The number of aromatic nitrogens is 2. The van der Waals surface area contributed by atoms with Gasteiger partial charge in [-0.15, -0.1) is 0 Å². The molecule has 4 nitrogen and oxygen atoms in total. The normalized spacial score (nSPS) is 18.5. The molecule has 2 rings (SSSR count). The van der Waals surface area contributed by atoms with Crippen molar-refractivity contribution in [2.45, 2.75) is 33.1 Å². The quantitative estimate of drug-likeness (QED) is 0.875. The molecule has 0 bridgehead atoms. The second-order valence-corrected chi connectivity index (χ2v) is 5.38. The van der Waals surface area contributed by atoms with Crippen LogP contribution in [0.2, 0.25) is 0 Å². The minimum Gasteiger partial charge on any atom is -0.360 e. The van der Waals surface area contributed by atoms with Crippen LogP contribution >= 0.6 is 11.5 Å². The third-order valence-electron chi connectivity index (χ3n) is 3.48. The average molecular weight is 254 g/mol. The Morgan fingerprint density at radius 1 is 1.35 bits per heavy atom. The smallest absolute Gasteiger partial charge is 0.202 e. The van der Waals surface area contributed by atoms with Crippen LogP contribution in [0.5, 0.6) is 0 Å². The summed E-state index contributed by atoms with van der Waals surface area (Å²) in [5.74, 6) is 1.75. The topological polar surface area (TPSA) is 41.1 Å². The first kappa shape index (κ1) is 12.8. The third-order valence-corrected chi connectivity index (χ3v) is 4.19. The van der Waals surface area contributed by atoms with Gasteiger partial charge in [-0.05, 0) is 38.4 Å². The predicted molar refractivity (Wildman–Crippen MR) is 72.6 cm³/mol. The molecule has 0 aliphatic carbocycles. The Morgan fingerprint density at radius 2 is 2.12 bits per heavy atom. The number of hydrogen-bond donors (Lipinski definition) is 1. The molecule has 1 aliphatic heterocycles. The van der Waals surface area contributed by atoms with Crippen molar-refractivity contribution in [3.05, 3.63) is 5.82 Å². The van der Waals surface area contributed by atoms with E-state index in [-0.39, 0.29) is 0 Å². The number of nitrogens with zero attached hydrogens (tertiary/aromatic N) is 3. The molecular formula is C12H22N4S. The molecule has 1 aromatic heterocycles. The Bertz CT molecular complexity index is 331. The molecule has 0 unspecified atom stereocenters. The SMILES string of the molecule is CCc1nsc(NCC2CCN(CC)CC2)n1. The summed E-state index contributed by atoms with van der Waals surface area (Å²) in [6.07, 6.45) is 3.54. The fraction of sp³-hybridized carbons (Fsp3) is 0.833. The molecule has 1 aliphatic rings. The fourth-order valence-electron chi connectivity index (χ4n) is 2.21. The van der Waals surface area contributed by atoms with Gasteiger partial charge in [0.05, 0.1) is 0 Å². The molecule has 0 aromatic carbocycles. The third kappa shape index (κ3) is 3.64. The lowest BCUT2D eigenvalue weighted by atomic mass is 9.97. The Hall–Kier alpha value is -0.680. The van der Waals surface area contributed by atoms with E-state index in [0.29, 0.717) is 0 Å². The molecule has 5 heteroatoms. The second-order valence-electron chi connectivity index (χ2n) is 4.63. The van der Waals surface area contributed by atoms with Crippen molar-refractivity contribution in [1.82, 2.24) is 14.3 Å². The highest BCUT2D eigenvalue weighted by molar-refractivity contribution is 7.09. The Labute approximate surface area is 108 Å². The number of hydrogen-bond acceptors (Lipinski definition) is 5. The highest BCUT2D eigenvalue weighted by Crippen LogP contribution is 2.18. The van der Waals surface area contributed by atoms with Gasteiger partial charge in [0, 0.05) is 24.5 Å². The summed E-state index contributed by atoms with van der Waals surface area (Å²) >= 11 is 1.49. The van der Waals surface area contributed by atoms with Crippen molar-refractivity contribution >= 4 is 16.7 Å². The summed E-state index contributed by atoms with van der Waals surface area (Å²) in [4.78, 5) is 6.95. The van der Waals surface area contributed by atoms with Crippen LogP contribution < -0.4 is 5.32 Å². The first-order chi connectivity index (χ1) is 8.31. The zero-order valence-corrected chi connectivity index (χ0v) is 11.6. The maximum atomic E-state index is 4.43. The maximum Gasteiger partial charge on any atom is 0.202 e. The highest BCUT2D eigenvalue weighted by atomic mass is 32.1. The van der Waals surface area contributed by atoms with Crippen molar-refractivity contribution in [2.24, 2.45) is 5.92 Å². The monoisotopic (exact) mass is 254 g/mol. The minimum atomic E-state index is 0.798. The van der Waals surface area contributed by atoms with Crippen LogP contribution in [-0.4, -0.2) is 40.4 Å². The molecular weight excluding hydrogens is 232 g/mol. The number of anilines is 1.